The summed E-state index contributed by atoms with van der Waals surface area (Å²) in [6.45, 7) is 0.984. The van der Waals surface area contributed by atoms with Crippen LogP contribution in [0, 0.1) is 0 Å². The van der Waals surface area contributed by atoms with E-state index in [1.54, 1.807) is 36.4 Å². The summed E-state index contributed by atoms with van der Waals surface area (Å²) in [5, 5.41) is 6.70. The van der Waals surface area contributed by atoms with Gasteiger partial charge in [0.05, 0.1) is 40.0 Å². The zero-order chi connectivity index (χ0) is 27.7. The number of halogens is 3. The molecule has 3 aromatic carbocycles. The molecule has 0 saturated carbocycles. The van der Waals surface area contributed by atoms with Gasteiger partial charge in [-0.05, 0) is 42.8 Å². The second kappa shape index (κ2) is 14.0. The molecule has 38 heavy (non-hydrogen) atoms. The number of benzene rings is 3. The molecule has 0 saturated heterocycles. The number of hydrogen-bond donors (Lipinski definition) is 3. The lowest BCUT2D eigenvalue weighted by Crippen LogP contribution is -2.43. The van der Waals surface area contributed by atoms with Crippen molar-refractivity contribution < 1.29 is 23.9 Å². The molecule has 0 radical (unpaired) electrons. The van der Waals surface area contributed by atoms with Gasteiger partial charge >= 0.3 is 5.97 Å². The number of esters is 1. The quantitative estimate of drug-likeness (QED) is 0.149. The molecule has 0 fully saturated rings. The van der Waals surface area contributed by atoms with Crippen molar-refractivity contribution in [3.8, 4) is 5.75 Å². The van der Waals surface area contributed by atoms with Gasteiger partial charge in [-0.3, -0.25) is 9.59 Å². The van der Waals surface area contributed by atoms with E-state index in [4.69, 9.17) is 50.0 Å². The number of rotatable bonds is 12. The van der Waals surface area contributed by atoms with Crippen LogP contribution in [-0.4, -0.2) is 44.5 Å². The molecule has 0 aromatic heterocycles. The van der Waals surface area contributed by atoms with Gasteiger partial charge < -0.3 is 25.8 Å². The molecule has 0 aliphatic rings. The molecule has 1 unspecified atom stereocenters. The predicted molar refractivity (Wildman–Crippen MR) is 149 cm³/mol. The van der Waals surface area contributed by atoms with E-state index in [0.29, 0.717) is 58.6 Å². The molecule has 0 bridgehead atoms. The monoisotopic (exact) mass is 577 g/mol. The molecule has 1 amide bonds. The smallest absolute Gasteiger partial charge is 0.328 e. The van der Waals surface area contributed by atoms with Crippen LogP contribution in [0.5, 0.6) is 5.75 Å². The Morgan fingerprint density at radius 1 is 1.00 bits per heavy atom. The zero-order valence-corrected chi connectivity index (χ0v) is 22.7. The Labute approximate surface area is 235 Å². The fraction of sp³-hybridized carbons (Fsp3) is 0.222. The fourth-order valence-corrected chi connectivity index (χ4v) is 4.33. The Kier molecular flexibility index (Phi) is 10.8. The second-order valence-corrected chi connectivity index (χ2v) is 9.41. The molecule has 11 heteroatoms. The van der Waals surface area contributed by atoms with Gasteiger partial charge in [-0.15, -0.1) is 0 Å². The molecule has 0 aliphatic heterocycles. The minimum atomic E-state index is -0.969. The number of nitrogens with two attached hydrogens (primary N) is 1. The molecule has 3 aromatic rings. The summed E-state index contributed by atoms with van der Waals surface area (Å²) in [5.41, 5.74) is 7.93. The van der Waals surface area contributed by atoms with Crippen LogP contribution >= 0.6 is 34.8 Å². The summed E-state index contributed by atoms with van der Waals surface area (Å²) < 4.78 is 10.5. The van der Waals surface area contributed by atoms with Gasteiger partial charge in [0.1, 0.15) is 18.1 Å². The van der Waals surface area contributed by atoms with Crippen LogP contribution < -0.4 is 21.1 Å². The highest BCUT2D eigenvalue weighted by Crippen LogP contribution is 2.37. The zero-order valence-electron chi connectivity index (χ0n) is 20.4. The lowest BCUT2D eigenvalue weighted by atomic mass is 10.0. The van der Waals surface area contributed by atoms with Crippen molar-refractivity contribution in [1.29, 1.82) is 0 Å². The molecule has 8 nitrogen and oxygen atoms in total. The topological polar surface area (TPSA) is 120 Å². The van der Waals surface area contributed by atoms with E-state index in [9.17, 15) is 14.4 Å². The number of methoxy groups -OCH3 is 1. The lowest BCUT2D eigenvalue weighted by Gasteiger charge is -2.18. The minimum Gasteiger partial charge on any atom is -0.493 e. The van der Waals surface area contributed by atoms with E-state index in [0.717, 1.165) is 5.56 Å². The van der Waals surface area contributed by atoms with Gasteiger partial charge in [0.15, 0.2) is 0 Å². The molecule has 0 spiro atoms. The number of amides is 1. The number of nitrogens with one attached hydrogen (secondary N) is 2. The van der Waals surface area contributed by atoms with Crippen LogP contribution in [0.15, 0.2) is 54.6 Å². The number of carbonyl (C=O) groups excluding carboxylic acids is 3. The highest BCUT2D eigenvalue weighted by molar-refractivity contribution is 6.39. The summed E-state index contributed by atoms with van der Waals surface area (Å²) in [6.07, 6.45) is 1.50. The third-order valence-electron chi connectivity index (χ3n) is 5.46. The van der Waals surface area contributed by atoms with E-state index in [1.807, 2.05) is 0 Å². The summed E-state index contributed by atoms with van der Waals surface area (Å²) in [6, 6.07) is 13.8. The van der Waals surface area contributed by atoms with Crippen molar-refractivity contribution in [1.82, 2.24) is 5.32 Å². The van der Waals surface area contributed by atoms with E-state index in [1.165, 1.54) is 25.3 Å². The Hall–Kier alpha value is -3.30. The van der Waals surface area contributed by atoms with Gasteiger partial charge in [0.2, 0.25) is 0 Å². The standard InChI is InChI=1S/C27H26Cl3N3O5/c1-37-27(36)24(33-26(35)20-8-5-17(15-34)11-21(20)28)12-16-3-6-18(7-4-16)32-25-22(29)13-19(14-23(25)30)38-10-2-9-31/h3-8,11,13-15,24,32H,2,9-10,12,31H2,1H3,(H,33,35). The number of anilines is 2. The van der Waals surface area contributed by atoms with E-state index in [2.05, 4.69) is 10.6 Å². The van der Waals surface area contributed by atoms with Gasteiger partial charge in [0.25, 0.3) is 5.91 Å². The fourth-order valence-electron chi connectivity index (χ4n) is 3.49. The normalized spacial score (nSPS) is 11.4. The molecule has 0 heterocycles. The van der Waals surface area contributed by atoms with Gasteiger partial charge in [0, 0.05) is 29.8 Å². The van der Waals surface area contributed by atoms with Crippen LogP contribution in [0.3, 0.4) is 0 Å². The first kappa shape index (κ1) is 29.3. The molecule has 3 rings (SSSR count). The first-order valence-corrected chi connectivity index (χ1v) is 12.7. The third kappa shape index (κ3) is 7.85. The second-order valence-electron chi connectivity index (χ2n) is 8.18. The molecule has 0 aliphatic carbocycles. The summed E-state index contributed by atoms with van der Waals surface area (Å²) in [7, 11) is 1.24. The van der Waals surface area contributed by atoms with E-state index < -0.39 is 17.9 Å². The van der Waals surface area contributed by atoms with Crippen LogP contribution in [-0.2, 0) is 16.0 Å². The number of hydrogen-bond acceptors (Lipinski definition) is 7. The van der Waals surface area contributed by atoms with Gasteiger partial charge in [-0.2, -0.15) is 0 Å². The highest BCUT2D eigenvalue weighted by Gasteiger charge is 2.24. The lowest BCUT2D eigenvalue weighted by molar-refractivity contribution is -0.142. The molecular weight excluding hydrogens is 553 g/mol. The summed E-state index contributed by atoms with van der Waals surface area (Å²) >= 11 is 18.9. The van der Waals surface area contributed by atoms with Crippen molar-refractivity contribution in [2.24, 2.45) is 5.73 Å². The average Bonchev–Trinajstić information content (AvgIpc) is 2.90. The van der Waals surface area contributed by atoms with Crippen molar-refractivity contribution >= 4 is 64.3 Å². The third-order valence-corrected chi connectivity index (χ3v) is 6.37. The number of aldehydes is 1. The largest absolute Gasteiger partial charge is 0.493 e. The highest BCUT2D eigenvalue weighted by atomic mass is 35.5. The van der Waals surface area contributed by atoms with E-state index >= 15 is 0 Å². The number of ether oxygens (including phenoxy) is 2. The summed E-state index contributed by atoms with van der Waals surface area (Å²) in [4.78, 5) is 36.1. The molecule has 4 N–H and O–H groups in total. The van der Waals surface area contributed by atoms with Crippen LogP contribution in [0.2, 0.25) is 15.1 Å². The van der Waals surface area contributed by atoms with Crippen molar-refractivity contribution in [2.75, 3.05) is 25.6 Å². The molecule has 1 atom stereocenters. The minimum absolute atomic E-state index is 0.0959. The Morgan fingerprint density at radius 2 is 1.68 bits per heavy atom. The maximum atomic E-state index is 12.8. The summed E-state index contributed by atoms with van der Waals surface area (Å²) in [5.74, 6) is -0.638. The predicted octanol–water partition coefficient (Wildman–Crippen LogP) is 5.44. The maximum Gasteiger partial charge on any atom is 0.328 e. The van der Waals surface area contributed by atoms with Crippen molar-refractivity contribution in [2.45, 2.75) is 18.9 Å². The number of carbonyl (C=O) groups is 3. The van der Waals surface area contributed by atoms with Crippen molar-refractivity contribution in [3.05, 3.63) is 86.4 Å². The van der Waals surface area contributed by atoms with Gasteiger partial charge in [-0.1, -0.05) is 53.0 Å². The first-order valence-electron chi connectivity index (χ1n) is 11.6. The van der Waals surface area contributed by atoms with Crippen molar-refractivity contribution in [3.63, 3.8) is 0 Å². The Morgan fingerprint density at radius 3 is 2.26 bits per heavy atom. The van der Waals surface area contributed by atoms with Gasteiger partial charge in [-0.25, -0.2) is 4.79 Å². The van der Waals surface area contributed by atoms with Crippen LogP contribution in [0.1, 0.15) is 32.7 Å². The van der Waals surface area contributed by atoms with Crippen LogP contribution in [0.25, 0.3) is 0 Å². The maximum absolute atomic E-state index is 12.8. The molecular formula is C27H26Cl3N3O5. The SMILES string of the molecule is COC(=O)C(Cc1ccc(Nc2c(Cl)cc(OCCCN)cc2Cl)cc1)NC(=O)c1ccc(C=O)cc1Cl. The van der Waals surface area contributed by atoms with E-state index in [-0.39, 0.29) is 17.0 Å². The Balaban J connectivity index is 1.69. The molecule has 200 valence electrons. The Bertz CT molecular complexity index is 1280. The first-order chi connectivity index (χ1) is 18.2. The van der Waals surface area contributed by atoms with Crippen LogP contribution in [0.4, 0.5) is 11.4 Å². The average molecular weight is 579 g/mol.